The molecule has 2 atom stereocenters. The summed E-state index contributed by atoms with van der Waals surface area (Å²) in [4.78, 5) is 1.53. The third-order valence-electron chi connectivity index (χ3n) is 3.38. The first-order valence-corrected chi connectivity index (χ1v) is 6.89. The van der Waals surface area contributed by atoms with Crippen LogP contribution in [0.25, 0.3) is 0 Å². The first-order valence-electron chi connectivity index (χ1n) is 6.01. The topological polar surface area (TPSA) is 12.0 Å². The van der Waals surface area contributed by atoms with E-state index in [0.29, 0.717) is 0 Å². The van der Waals surface area contributed by atoms with E-state index < -0.39 is 0 Å². The maximum absolute atomic E-state index is 3.62. The molecule has 1 aliphatic rings. The molecule has 1 N–H and O–H groups in total. The molecule has 2 rings (SSSR count). The highest BCUT2D eigenvalue weighted by Gasteiger charge is 2.22. The van der Waals surface area contributed by atoms with Crippen molar-refractivity contribution in [3.63, 3.8) is 0 Å². The lowest BCUT2D eigenvalue weighted by atomic mass is 9.92. The number of nitrogens with one attached hydrogen (secondary N) is 1. The Hall–Kier alpha value is -0.340. The zero-order chi connectivity index (χ0) is 10.7. The molecular formula is C13H21NS. The molecule has 0 saturated heterocycles. The molecule has 1 nitrogen and oxygen atoms in total. The van der Waals surface area contributed by atoms with E-state index in [0.717, 1.165) is 17.9 Å². The minimum atomic E-state index is 0.785. The van der Waals surface area contributed by atoms with E-state index in [9.17, 15) is 0 Å². The summed E-state index contributed by atoms with van der Waals surface area (Å²) >= 11 is 1.88. The van der Waals surface area contributed by atoms with Crippen molar-refractivity contribution in [2.24, 2.45) is 11.8 Å². The summed E-state index contributed by atoms with van der Waals surface area (Å²) in [5, 5.41) is 5.80. The lowest BCUT2D eigenvalue weighted by Gasteiger charge is -2.19. The Morgan fingerprint density at radius 3 is 2.80 bits per heavy atom. The van der Waals surface area contributed by atoms with Crippen molar-refractivity contribution in [2.75, 3.05) is 6.54 Å². The zero-order valence-electron chi connectivity index (χ0n) is 9.70. The fourth-order valence-corrected chi connectivity index (χ4v) is 2.64. The largest absolute Gasteiger partial charge is 0.314 e. The molecule has 1 aromatic heterocycles. The molecule has 2 heteroatoms. The minimum absolute atomic E-state index is 0.785. The summed E-state index contributed by atoms with van der Waals surface area (Å²) in [7, 11) is 0. The second kappa shape index (κ2) is 5.13. The first-order chi connectivity index (χ1) is 7.25. The van der Waals surface area contributed by atoms with E-state index in [1.54, 1.807) is 0 Å². The summed E-state index contributed by atoms with van der Waals surface area (Å²) < 4.78 is 0. The average Bonchev–Trinajstić information content (AvgIpc) is 2.92. The molecule has 1 aliphatic carbocycles. The van der Waals surface area contributed by atoms with Crippen LogP contribution in [0.4, 0.5) is 0 Å². The highest BCUT2D eigenvalue weighted by Crippen LogP contribution is 2.22. The molecule has 1 heterocycles. The molecule has 1 aromatic rings. The second-order valence-electron chi connectivity index (χ2n) is 4.92. The van der Waals surface area contributed by atoms with Crippen molar-refractivity contribution in [1.29, 1.82) is 0 Å². The minimum Gasteiger partial charge on any atom is -0.314 e. The molecular weight excluding hydrogens is 202 g/mol. The maximum atomic E-state index is 3.62. The normalized spacial score (nSPS) is 20.1. The third-order valence-corrected chi connectivity index (χ3v) is 4.28. The van der Waals surface area contributed by atoms with Crippen LogP contribution in [0.1, 0.15) is 31.6 Å². The fourth-order valence-electron chi connectivity index (χ4n) is 1.79. The fraction of sp³-hybridized carbons (Fsp3) is 0.692. The van der Waals surface area contributed by atoms with Gasteiger partial charge in [0.1, 0.15) is 0 Å². The van der Waals surface area contributed by atoms with E-state index in [4.69, 9.17) is 0 Å². The second-order valence-corrected chi connectivity index (χ2v) is 5.95. The van der Waals surface area contributed by atoms with E-state index in [1.165, 1.54) is 30.7 Å². The van der Waals surface area contributed by atoms with Crippen LogP contribution in [-0.2, 0) is 6.42 Å². The van der Waals surface area contributed by atoms with Gasteiger partial charge in [0.15, 0.2) is 0 Å². The van der Waals surface area contributed by atoms with E-state index in [1.807, 2.05) is 11.3 Å². The van der Waals surface area contributed by atoms with Gasteiger partial charge >= 0.3 is 0 Å². The molecule has 2 unspecified atom stereocenters. The first kappa shape index (κ1) is 11.2. The molecule has 15 heavy (non-hydrogen) atoms. The number of hydrogen-bond acceptors (Lipinski definition) is 2. The van der Waals surface area contributed by atoms with E-state index in [-0.39, 0.29) is 0 Å². The summed E-state index contributed by atoms with van der Waals surface area (Å²) in [5.41, 5.74) is 0. The summed E-state index contributed by atoms with van der Waals surface area (Å²) in [6.45, 7) is 5.93. The van der Waals surface area contributed by atoms with Gasteiger partial charge in [-0.1, -0.05) is 19.9 Å². The van der Waals surface area contributed by atoms with Crippen molar-refractivity contribution < 1.29 is 0 Å². The van der Waals surface area contributed by atoms with Gasteiger partial charge in [-0.05, 0) is 49.1 Å². The molecule has 0 radical (unpaired) electrons. The number of rotatable bonds is 6. The predicted octanol–water partition coefficient (Wildman–Crippen LogP) is 3.31. The Kier molecular flexibility index (Phi) is 3.81. The van der Waals surface area contributed by atoms with Gasteiger partial charge in [0.05, 0.1) is 0 Å². The molecule has 1 fully saturated rings. The summed E-state index contributed by atoms with van der Waals surface area (Å²) in [6, 6.07) is 5.25. The van der Waals surface area contributed by atoms with Crippen LogP contribution >= 0.6 is 11.3 Å². The van der Waals surface area contributed by atoms with Crippen LogP contribution < -0.4 is 5.32 Å². The lowest BCUT2D eigenvalue weighted by Crippen LogP contribution is -2.27. The Balaban J connectivity index is 1.71. The van der Waals surface area contributed by atoms with Crippen LogP contribution in [0.15, 0.2) is 17.5 Å². The van der Waals surface area contributed by atoms with Crippen LogP contribution in [0, 0.1) is 11.8 Å². The van der Waals surface area contributed by atoms with Crippen molar-refractivity contribution in [3.05, 3.63) is 22.4 Å². The van der Waals surface area contributed by atoms with Crippen LogP contribution in [0.5, 0.6) is 0 Å². The molecule has 0 spiro atoms. The Morgan fingerprint density at radius 1 is 1.40 bits per heavy atom. The van der Waals surface area contributed by atoms with Gasteiger partial charge in [0.2, 0.25) is 0 Å². The van der Waals surface area contributed by atoms with Crippen molar-refractivity contribution in [2.45, 2.75) is 39.2 Å². The van der Waals surface area contributed by atoms with Crippen LogP contribution in [0.3, 0.4) is 0 Å². The Morgan fingerprint density at radius 2 is 2.20 bits per heavy atom. The monoisotopic (exact) mass is 223 g/mol. The van der Waals surface area contributed by atoms with Gasteiger partial charge in [-0.25, -0.2) is 0 Å². The van der Waals surface area contributed by atoms with Crippen molar-refractivity contribution >= 4 is 11.3 Å². The van der Waals surface area contributed by atoms with Gasteiger partial charge in [0.25, 0.3) is 0 Å². The summed E-state index contributed by atoms with van der Waals surface area (Å²) in [5.74, 6) is 1.57. The van der Waals surface area contributed by atoms with Crippen LogP contribution in [0.2, 0.25) is 0 Å². The van der Waals surface area contributed by atoms with E-state index in [2.05, 4.69) is 36.7 Å². The third kappa shape index (κ3) is 3.62. The highest BCUT2D eigenvalue weighted by molar-refractivity contribution is 7.09. The van der Waals surface area contributed by atoms with Gasteiger partial charge in [0, 0.05) is 10.9 Å². The predicted molar refractivity (Wildman–Crippen MR) is 67.4 cm³/mol. The number of thiophene rings is 1. The van der Waals surface area contributed by atoms with Gasteiger partial charge < -0.3 is 5.32 Å². The van der Waals surface area contributed by atoms with E-state index >= 15 is 0 Å². The molecule has 0 amide bonds. The lowest BCUT2D eigenvalue weighted by molar-refractivity contribution is 0.366. The molecule has 0 bridgehead atoms. The molecule has 84 valence electrons. The molecule has 0 aliphatic heterocycles. The molecule has 0 aromatic carbocycles. The maximum Gasteiger partial charge on any atom is 0.00683 e. The number of hydrogen-bond donors (Lipinski definition) is 1. The van der Waals surface area contributed by atoms with Crippen molar-refractivity contribution in [3.8, 4) is 0 Å². The van der Waals surface area contributed by atoms with Gasteiger partial charge in [-0.3, -0.25) is 0 Å². The Bertz CT molecular complexity index is 277. The average molecular weight is 223 g/mol. The van der Waals surface area contributed by atoms with Crippen molar-refractivity contribution in [1.82, 2.24) is 5.32 Å². The highest BCUT2D eigenvalue weighted by atomic mass is 32.1. The Labute approximate surface area is 96.9 Å². The summed E-state index contributed by atoms with van der Waals surface area (Å²) in [6.07, 6.45) is 4.03. The zero-order valence-corrected chi connectivity index (χ0v) is 10.5. The SMILES string of the molecule is CC(CNC1CC1)C(C)Cc1cccs1. The van der Waals surface area contributed by atoms with Crippen LogP contribution in [-0.4, -0.2) is 12.6 Å². The molecule has 1 saturated carbocycles. The standard InChI is InChI=1S/C13H21NS/c1-10(8-13-4-3-7-15-13)11(2)9-14-12-5-6-12/h3-4,7,10-12,14H,5-6,8-9H2,1-2H3. The van der Waals surface area contributed by atoms with Gasteiger partial charge in [-0.2, -0.15) is 0 Å². The quantitative estimate of drug-likeness (QED) is 0.780. The smallest absolute Gasteiger partial charge is 0.00683 e. The van der Waals surface area contributed by atoms with Gasteiger partial charge in [-0.15, -0.1) is 11.3 Å².